The molecule has 0 spiro atoms. The van der Waals surface area contributed by atoms with Gasteiger partial charge in [0.15, 0.2) is 0 Å². The Labute approximate surface area is 93.2 Å². The van der Waals surface area contributed by atoms with Crippen molar-refractivity contribution < 1.29 is 19.4 Å². The van der Waals surface area contributed by atoms with Crippen molar-refractivity contribution in [3.05, 3.63) is 41.5 Å². The van der Waals surface area contributed by atoms with Crippen molar-refractivity contribution >= 4 is 17.5 Å². The summed E-state index contributed by atoms with van der Waals surface area (Å²) in [6, 6.07) is 7.00. The first-order valence-corrected chi connectivity index (χ1v) is 4.65. The van der Waals surface area contributed by atoms with E-state index in [4.69, 9.17) is 0 Å². The molecule has 0 bridgehead atoms. The molecule has 0 heterocycles. The van der Waals surface area contributed by atoms with Crippen LogP contribution in [0.4, 0.5) is 0 Å². The van der Waals surface area contributed by atoms with Gasteiger partial charge in [-0.3, -0.25) is 4.79 Å². The summed E-state index contributed by atoms with van der Waals surface area (Å²) in [5.74, 6) is -2.13. The number of hydrogen-bond acceptors (Lipinski definition) is 4. The monoisotopic (exact) mass is 220 g/mol. The third kappa shape index (κ3) is 2.70. The minimum atomic E-state index is -1.000. The lowest BCUT2D eigenvalue weighted by molar-refractivity contribution is -0.149. The standard InChI is InChI=1S/C12H12O4/c1-8-5-3-4-6-9(8)10(13)7-11(14)12(15)16-2/h3-7,13H,1-2H3/b10-7-. The Morgan fingerprint density at radius 2 is 1.94 bits per heavy atom. The molecule has 4 nitrogen and oxygen atoms in total. The Kier molecular flexibility index (Phi) is 3.83. The first kappa shape index (κ1) is 12.0. The van der Waals surface area contributed by atoms with E-state index in [1.54, 1.807) is 25.1 Å². The zero-order valence-electron chi connectivity index (χ0n) is 9.06. The number of aliphatic hydroxyl groups excluding tert-OH is 1. The Morgan fingerprint density at radius 1 is 1.31 bits per heavy atom. The summed E-state index contributed by atoms with van der Waals surface area (Å²) in [6.45, 7) is 1.79. The van der Waals surface area contributed by atoms with Crippen LogP contribution in [0, 0.1) is 6.92 Å². The second-order valence-electron chi connectivity index (χ2n) is 3.20. The van der Waals surface area contributed by atoms with E-state index < -0.39 is 11.8 Å². The molecule has 0 amide bonds. The second kappa shape index (κ2) is 5.11. The lowest BCUT2D eigenvalue weighted by Gasteiger charge is -2.03. The fourth-order valence-corrected chi connectivity index (χ4v) is 1.22. The molecule has 0 aliphatic carbocycles. The molecular formula is C12H12O4. The van der Waals surface area contributed by atoms with Crippen LogP contribution >= 0.6 is 0 Å². The van der Waals surface area contributed by atoms with Gasteiger partial charge in [0, 0.05) is 11.6 Å². The number of rotatable bonds is 3. The fourth-order valence-electron chi connectivity index (χ4n) is 1.22. The Bertz CT molecular complexity index is 446. The van der Waals surface area contributed by atoms with Crippen LogP contribution in [0.25, 0.3) is 5.76 Å². The fraction of sp³-hybridized carbons (Fsp3) is 0.167. The van der Waals surface area contributed by atoms with Crippen LogP contribution in [0.3, 0.4) is 0 Å². The average molecular weight is 220 g/mol. The van der Waals surface area contributed by atoms with Gasteiger partial charge in [-0.1, -0.05) is 24.3 Å². The minimum absolute atomic E-state index is 0.242. The molecule has 1 aromatic rings. The van der Waals surface area contributed by atoms with Crippen LogP contribution in [-0.2, 0) is 14.3 Å². The number of esters is 1. The van der Waals surface area contributed by atoms with Crippen LogP contribution in [0.1, 0.15) is 11.1 Å². The SMILES string of the molecule is COC(=O)C(=O)/C=C(\O)c1ccccc1C. The van der Waals surface area contributed by atoms with E-state index in [0.29, 0.717) is 5.56 Å². The second-order valence-corrected chi connectivity index (χ2v) is 3.20. The van der Waals surface area contributed by atoms with Crippen molar-refractivity contribution in [2.75, 3.05) is 7.11 Å². The summed E-state index contributed by atoms with van der Waals surface area (Å²) >= 11 is 0. The highest BCUT2D eigenvalue weighted by atomic mass is 16.5. The van der Waals surface area contributed by atoms with Gasteiger partial charge >= 0.3 is 5.97 Å². The number of benzene rings is 1. The lowest BCUT2D eigenvalue weighted by atomic mass is 10.1. The van der Waals surface area contributed by atoms with Gasteiger partial charge in [-0.25, -0.2) is 4.79 Å². The number of aryl methyl sites for hydroxylation is 1. The van der Waals surface area contributed by atoms with Crippen LogP contribution in [0.2, 0.25) is 0 Å². The Morgan fingerprint density at radius 3 is 2.50 bits per heavy atom. The van der Waals surface area contributed by atoms with Crippen molar-refractivity contribution in [1.82, 2.24) is 0 Å². The molecule has 0 atom stereocenters. The third-order valence-corrected chi connectivity index (χ3v) is 2.08. The number of carbonyl (C=O) groups is 2. The normalized spacial score (nSPS) is 11.0. The van der Waals surface area contributed by atoms with Crippen molar-refractivity contribution in [3.8, 4) is 0 Å². The van der Waals surface area contributed by atoms with E-state index in [1.807, 2.05) is 6.07 Å². The van der Waals surface area contributed by atoms with Gasteiger partial charge in [0.25, 0.3) is 5.78 Å². The van der Waals surface area contributed by atoms with Crippen molar-refractivity contribution in [1.29, 1.82) is 0 Å². The molecule has 0 radical (unpaired) electrons. The number of methoxy groups -OCH3 is 1. The molecular weight excluding hydrogens is 208 g/mol. The van der Waals surface area contributed by atoms with Gasteiger partial charge in [-0.2, -0.15) is 0 Å². The lowest BCUT2D eigenvalue weighted by Crippen LogP contribution is -2.13. The van der Waals surface area contributed by atoms with Crippen molar-refractivity contribution in [2.45, 2.75) is 6.92 Å². The highest BCUT2D eigenvalue weighted by Gasteiger charge is 2.13. The summed E-state index contributed by atoms with van der Waals surface area (Å²) in [7, 11) is 1.11. The third-order valence-electron chi connectivity index (χ3n) is 2.08. The van der Waals surface area contributed by atoms with Gasteiger partial charge < -0.3 is 9.84 Å². The smallest absolute Gasteiger partial charge is 0.378 e. The molecule has 0 aliphatic heterocycles. The first-order chi connectivity index (χ1) is 7.56. The van der Waals surface area contributed by atoms with Gasteiger partial charge in [0.1, 0.15) is 5.76 Å². The van der Waals surface area contributed by atoms with Crippen LogP contribution < -0.4 is 0 Å². The van der Waals surface area contributed by atoms with Crippen LogP contribution in [-0.4, -0.2) is 24.0 Å². The Balaban J connectivity index is 2.99. The largest absolute Gasteiger partial charge is 0.507 e. The summed E-state index contributed by atoms with van der Waals surface area (Å²) < 4.78 is 4.23. The summed E-state index contributed by atoms with van der Waals surface area (Å²) in [6.07, 6.45) is 0.855. The van der Waals surface area contributed by atoms with Crippen molar-refractivity contribution in [3.63, 3.8) is 0 Å². The topological polar surface area (TPSA) is 63.6 Å². The van der Waals surface area contributed by atoms with Gasteiger partial charge in [-0.15, -0.1) is 0 Å². The molecule has 16 heavy (non-hydrogen) atoms. The highest BCUT2D eigenvalue weighted by Crippen LogP contribution is 2.15. The maximum Gasteiger partial charge on any atom is 0.378 e. The number of aliphatic hydroxyl groups is 1. The first-order valence-electron chi connectivity index (χ1n) is 4.65. The molecule has 84 valence electrons. The average Bonchev–Trinajstić information content (AvgIpc) is 2.28. The van der Waals surface area contributed by atoms with Crippen LogP contribution in [0.15, 0.2) is 30.3 Å². The van der Waals surface area contributed by atoms with Gasteiger partial charge in [0.2, 0.25) is 0 Å². The van der Waals surface area contributed by atoms with E-state index in [-0.39, 0.29) is 5.76 Å². The zero-order valence-corrected chi connectivity index (χ0v) is 9.06. The molecule has 1 rings (SSSR count). The number of hydrogen-bond donors (Lipinski definition) is 1. The molecule has 0 unspecified atom stereocenters. The number of ether oxygens (including phenoxy) is 1. The highest BCUT2D eigenvalue weighted by molar-refractivity contribution is 6.39. The quantitative estimate of drug-likeness (QED) is 0.364. The molecule has 0 saturated carbocycles. The van der Waals surface area contributed by atoms with Crippen LogP contribution in [0.5, 0.6) is 0 Å². The van der Waals surface area contributed by atoms with E-state index in [9.17, 15) is 14.7 Å². The van der Waals surface area contributed by atoms with E-state index in [0.717, 1.165) is 18.7 Å². The number of carbonyl (C=O) groups excluding carboxylic acids is 2. The Hall–Kier alpha value is -2.10. The predicted octanol–water partition coefficient (Wildman–Crippen LogP) is 1.64. The molecule has 0 saturated heterocycles. The maximum atomic E-state index is 11.2. The van der Waals surface area contributed by atoms with E-state index in [2.05, 4.69) is 4.74 Å². The number of ketones is 1. The van der Waals surface area contributed by atoms with E-state index in [1.165, 1.54) is 0 Å². The summed E-state index contributed by atoms with van der Waals surface area (Å²) in [5.41, 5.74) is 1.33. The maximum absolute atomic E-state index is 11.2. The predicted molar refractivity (Wildman–Crippen MR) is 58.8 cm³/mol. The minimum Gasteiger partial charge on any atom is -0.507 e. The molecule has 0 aromatic heterocycles. The molecule has 0 aliphatic rings. The zero-order chi connectivity index (χ0) is 12.1. The summed E-state index contributed by atoms with van der Waals surface area (Å²) in [5, 5.41) is 9.65. The van der Waals surface area contributed by atoms with Crippen molar-refractivity contribution in [2.24, 2.45) is 0 Å². The molecule has 4 heteroatoms. The van der Waals surface area contributed by atoms with Gasteiger partial charge in [0.05, 0.1) is 7.11 Å². The molecule has 1 N–H and O–H groups in total. The molecule has 1 aromatic carbocycles. The molecule has 0 fully saturated rings. The summed E-state index contributed by atoms with van der Waals surface area (Å²) in [4.78, 5) is 22.0. The van der Waals surface area contributed by atoms with E-state index >= 15 is 0 Å². The van der Waals surface area contributed by atoms with Gasteiger partial charge in [-0.05, 0) is 12.5 Å².